The van der Waals surface area contributed by atoms with Gasteiger partial charge in [-0.15, -0.1) is 0 Å². The summed E-state index contributed by atoms with van der Waals surface area (Å²) >= 11 is 0. The second-order valence-electron chi connectivity index (χ2n) is 4.72. The highest BCUT2D eigenvalue weighted by Gasteiger charge is 2.53. The van der Waals surface area contributed by atoms with Crippen molar-refractivity contribution in [2.24, 2.45) is 11.3 Å². The summed E-state index contributed by atoms with van der Waals surface area (Å²) in [6, 6.07) is 0. The molecule has 2 aliphatic heterocycles. The molecule has 0 aromatic rings. The third-order valence-electron chi connectivity index (χ3n) is 3.70. The lowest BCUT2D eigenvalue weighted by molar-refractivity contribution is -0.154. The molecule has 2 fully saturated rings. The second kappa shape index (κ2) is 4.00. The minimum Gasteiger partial charge on any atom is -0.481 e. The summed E-state index contributed by atoms with van der Waals surface area (Å²) in [5, 5.41) is 9.33. The summed E-state index contributed by atoms with van der Waals surface area (Å²) in [5.41, 5.74) is -1.10. The summed E-state index contributed by atoms with van der Waals surface area (Å²) in [6.07, 6.45) is 1.81. The molecule has 2 rings (SSSR count). The molecule has 2 saturated heterocycles. The second-order valence-corrected chi connectivity index (χ2v) is 6.90. The van der Waals surface area contributed by atoms with Crippen LogP contribution in [0.1, 0.15) is 19.3 Å². The van der Waals surface area contributed by atoms with Crippen LogP contribution in [0.15, 0.2) is 0 Å². The fraction of sp³-hybridized carbons (Fsp3) is 0.900. The lowest BCUT2D eigenvalue weighted by Gasteiger charge is -2.35. The molecule has 0 aromatic carbocycles. The molecule has 92 valence electrons. The fourth-order valence-corrected chi connectivity index (χ4v) is 4.82. The predicted octanol–water partition coefficient (Wildman–Crippen LogP) is 0.302. The zero-order valence-corrected chi connectivity index (χ0v) is 9.83. The third kappa shape index (κ3) is 1.96. The normalized spacial score (nSPS) is 38.4. The van der Waals surface area contributed by atoms with Crippen LogP contribution in [-0.4, -0.2) is 44.2 Å². The molecule has 0 saturated carbocycles. The summed E-state index contributed by atoms with van der Waals surface area (Å²) in [7, 11) is -3.18. The van der Waals surface area contributed by atoms with E-state index in [1.165, 1.54) is 0 Å². The lowest BCUT2D eigenvalue weighted by atomic mass is 9.72. The van der Waals surface area contributed by atoms with Crippen molar-refractivity contribution in [3.63, 3.8) is 0 Å². The van der Waals surface area contributed by atoms with Crippen LogP contribution in [0.4, 0.5) is 0 Å². The first kappa shape index (κ1) is 11.9. The molecule has 0 amide bonds. The van der Waals surface area contributed by atoms with Crippen molar-refractivity contribution in [3.8, 4) is 0 Å². The van der Waals surface area contributed by atoms with E-state index in [1.54, 1.807) is 0 Å². The minimum absolute atomic E-state index is 0.00417. The zero-order valence-electron chi connectivity index (χ0n) is 9.02. The van der Waals surface area contributed by atoms with Crippen molar-refractivity contribution in [2.75, 3.05) is 24.7 Å². The van der Waals surface area contributed by atoms with Crippen LogP contribution in [-0.2, 0) is 19.4 Å². The Balaban J connectivity index is 2.26. The van der Waals surface area contributed by atoms with Gasteiger partial charge >= 0.3 is 5.97 Å². The Morgan fingerprint density at radius 3 is 2.62 bits per heavy atom. The van der Waals surface area contributed by atoms with E-state index in [0.717, 1.165) is 12.8 Å². The first-order valence-corrected chi connectivity index (χ1v) is 7.30. The van der Waals surface area contributed by atoms with E-state index >= 15 is 0 Å². The van der Waals surface area contributed by atoms with Crippen LogP contribution in [0.25, 0.3) is 0 Å². The summed E-state index contributed by atoms with van der Waals surface area (Å²) < 4.78 is 28.3. The van der Waals surface area contributed by atoms with E-state index in [1.807, 2.05) is 0 Å². The van der Waals surface area contributed by atoms with Gasteiger partial charge in [0, 0.05) is 6.61 Å². The number of hydrogen-bond donors (Lipinski definition) is 1. The lowest BCUT2D eigenvalue weighted by Crippen LogP contribution is -2.43. The van der Waals surface area contributed by atoms with Gasteiger partial charge < -0.3 is 9.84 Å². The Kier molecular flexibility index (Phi) is 2.96. The van der Waals surface area contributed by atoms with Gasteiger partial charge in [-0.3, -0.25) is 4.79 Å². The molecule has 16 heavy (non-hydrogen) atoms. The Labute approximate surface area is 94.7 Å². The van der Waals surface area contributed by atoms with E-state index in [9.17, 15) is 18.3 Å². The molecule has 2 atom stereocenters. The molecule has 0 bridgehead atoms. The predicted molar refractivity (Wildman–Crippen MR) is 56.9 cm³/mol. The van der Waals surface area contributed by atoms with E-state index in [0.29, 0.717) is 13.2 Å². The highest BCUT2D eigenvalue weighted by atomic mass is 32.2. The van der Waals surface area contributed by atoms with Gasteiger partial charge in [0.05, 0.1) is 23.5 Å². The van der Waals surface area contributed by atoms with Crippen LogP contribution in [0.2, 0.25) is 0 Å². The van der Waals surface area contributed by atoms with Gasteiger partial charge in [-0.1, -0.05) is 0 Å². The SMILES string of the molecule is O=C(O)C1(C2CCCOC2)CCS(=O)(=O)C1. The Morgan fingerprint density at radius 1 is 1.44 bits per heavy atom. The average Bonchev–Trinajstić information content (AvgIpc) is 2.57. The minimum atomic E-state index is -3.18. The molecular formula is C10H16O5S. The molecule has 2 heterocycles. The number of aliphatic carboxylic acids is 1. The maximum Gasteiger partial charge on any atom is 0.311 e. The van der Waals surface area contributed by atoms with Gasteiger partial charge in [-0.05, 0) is 25.2 Å². The van der Waals surface area contributed by atoms with E-state index in [2.05, 4.69) is 0 Å². The number of carbonyl (C=O) groups is 1. The number of rotatable bonds is 2. The number of carboxylic acid groups (broad SMARTS) is 1. The van der Waals surface area contributed by atoms with Gasteiger partial charge in [0.1, 0.15) is 0 Å². The topological polar surface area (TPSA) is 80.7 Å². The van der Waals surface area contributed by atoms with Crippen molar-refractivity contribution in [1.29, 1.82) is 0 Å². The number of sulfone groups is 1. The molecule has 6 heteroatoms. The van der Waals surface area contributed by atoms with E-state index in [4.69, 9.17) is 4.74 Å². The van der Waals surface area contributed by atoms with Crippen LogP contribution < -0.4 is 0 Å². The third-order valence-corrected chi connectivity index (χ3v) is 5.49. The summed E-state index contributed by atoms with van der Waals surface area (Å²) in [5.74, 6) is -1.36. The highest BCUT2D eigenvalue weighted by molar-refractivity contribution is 7.91. The first-order valence-electron chi connectivity index (χ1n) is 5.48. The molecule has 0 spiro atoms. The molecule has 2 aliphatic rings. The van der Waals surface area contributed by atoms with Crippen molar-refractivity contribution in [1.82, 2.24) is 0 Å². The van der Waals surface area contributed by atoms with Crippen LogP contribution in [0.5, 0.6) is 0 Å². The highest BCUT2D eigenvalue weighted by Crippen LogP contribution is 2.43. The van der Waals surface area contributed by atoms with Crippen molar-refractivity contribution >= 4 is 15.8 Å². The van der Waals surface area contributed by atoms with Crippen molar-refractivity contribution in [3.05, 3.63) is 0 Å². The Hall–Kier alpha value is -0.620. The standard InChI is InChI=1S/C10H16O5S/c11-9(12)10(3-5-16(13,14)7-10)8-2-1-4-15-6-8/h8H,1-7H2,(H,11,12). The van der Waals surface area contributed by atoms with Gasteiger partial charge in [0.2, 0.25) is 0 Å². The molecule has 0 aliphatic carbocycles. The van der Waals surface area contributed by atoms with Crippen molar-refractivity contribution in [2.45, 2.75) is 19.3 Å². The van der Waals surface area contributed by atoms with Crippen molar-refractivity contribution < 1.29 is 23.1 Å². The Morgan fingerprint density at radius 2 is 2.19 bits per heavy atom. The largest absolute Gasteiger partial charge is 0.481 e. The molecular weight excluding hydrogens is 232 g/mol. The van der Waals surface area contributed by atoms with Crippen LogP contribution in [0.3, 0.4) is 0 Å². The van der Waals surface area contributed by atoms with E-state index < -0.39 is 21.2 Å². The van der Waals surface area contributed by atoms with Crippen LogP contribution >= 0.6 is 0 Å². The van der Waals surface area contributed by atoms with Crippen LogP contribution in [0, 0.1) is 11.3 Å². The fourth-order valence-electron chi connectivity index (χ4n) is 2.72. The maximum atomic E-state index is 11.5. The first-order chi connectivity index (χ1) is 7.46. The molecule has 0 aromatic heterocycles. The molecule has 5 nitrogen and oxygen atoms in total. The number of carboxylic acids is 1. The zero-order chi connectivity index (χ0) is 11.8. The summed E-state index contributed by atoms with van der Waals surface area (Å²) in [4.78, 5) is 11.4. The monoisotopic (exact) mass is 248 g/mol. The van der Waals surface area contributed by atoms with Gasteiger partial charge in [0.15, 0.2) is 9.84 Å². The molecule has 1 N–H and O–H groups in total. The summed E-state index contributed by atoms with van der Waals surface area (Å²) in [6.45, 7) is 1.03. The number of hydrogen-bond acceptors (Lipinski definition) is 4. The average molecular weight is 248 g/mol. The van der Waals surface area contributed by atoms with Gasteiger partial charge in [0.25, 0.3) is 0 Å². The molecule has 0 radical (unpaired) electrons. The Bertz CT molecular complexity index is 382. The van der Waals surface area contributed by atoms with Gasteiger partial charge in [-0.2, -0.15) is 0 Å². The number of ether oxygens (including phenoxy) is 1. The van der Waals surface area contributed by atoms with Gasteiger partial charge in [-0.25, -0.2) is 8.42 Å². The quantitative estimate of drug-likeness (QED) is 0.760. The van der Waals surface area contributed by atoms with E-state index in [-0.39, 0.29) is 23.8 Å². The molecule has 2 unspecified atom stereocenters. The smallest absolute Gasteiger partial charge is 0.311 e. The maximum absolute atomic E-state index is 11.5.